The van der Waals surface area contributed by atoms with E-state index >= 15 is 0 Å². The molecule has 2 N–H and O–H groups in total. The van der Waals surface area contributed by atoms with E-state index in [0.29, 0.717) is 10.8 Å². The summed E-state index contributed by atoms with van der Waals surface area (Å²) in [5, 5.41) is 11.7. The van der Waals surface area contributed by atoms with Crippen LogP contribution in [0.15, 0.2) is 18.3 Å². The number of hydrogen-bond acceptors (Lipinski definition) is 3. The van der Waals surface area contributed by atoms with Gasteiger partial charge in [0.1, 0.15) is 11.3 Å². The quantitative estimate of drug-likeness (QED) is 0.702. The number of carbonyl (C=O) groups is 1. The summed E-state index contributed by atoms with van der Waals surface area (Å²) >= 11 is 5.54. The van der Waals surface area contributed by atoms with E-state index in [1.54, 1.807) is 12.1 Å². The van der Waals surface area contributed by atoms with Gasteiger partial charge in [0, 0.05) is 0 Å². The minimum absolute atomic E-state index is 0.357. The van der Waals surface area contributed by atoms with Crippen molar-refractivity contribution in [3.05, 3.63) is 23.5 Å². The van der Waals surface area contributed by atoms with Gasteiger partial charge in [-0.05, 0) is 19.1 Å². The molecule has 0 saturated heterocycles. The van der Waals surface area contributed by atoms with Crippen LogP contribution in [0.3, 0.4) is 0 Å². The number of anilines is 1. The van der Waals surface area contributed by atoms with Gasteiger partial charge in [0.15, 0.2) is 0 Å². The Hall–Kier alpha value is -1.13. The monoisotopic (exact) mass is 200 g/mol. The van der Waals surface area contributed by atoms with Crippen LogP contribution >= 0.6 is 11.6 Å². The maximum atomic E-state index is 11.0. The zero-order chi connectivity index (χ0) is 9.84. The predicted octanol–water partition coefficient (Wildman–Crippen LogP) is 1.05. The highest BCUT2D eigenvalue weighted by Crippen LogP contribution is 2.09. The first kappa shape index (κ1) is 9.95. The van der Waals surface area contributed by atoms with Crippen molar-refractivity contribution in [3.8, 4) is 0 Å². The molecule has 0 bridgehead atoms. The smallest absolute Gasteiger partial charge is 0.252 e. The van der Waals surface area contributed by atoms with Crippen molar-refractivity contribution >= 4 is 23.2 Å². The van der Waals surface area contributed by atoms with E-state index in [-0.39, 0.29) is 0 Å². The largest absolute Gasteiger partial charge is 0.384 e. The van der Waals surface area contributed by atoms with Crippen molar-refractivity contribution in [2.75, 3.05) is 5.32 Å². The fourth-order valence-electron chi connectivity index (χ4n) is 0.696. The van der Waals surface area contributed by atoms with Crippen LogP contribution in [-0.4, -0.2) is 22.1 Å². The zero-order valence-electron chi connectivity index (χ0n) is 6.99. The summed E-state index contributed by atoms with van der Waals surface area (Å²) < 4.78 is 0. The average molecular weight is 201 g/mol. The molecule has 0 aromatic carbocycles. The molecule has 0 aliphatic heterocycles. The summed E-state index contributed by atoms with van der Waals surface area (Å²) in [6.07, 6.45) is 0.387. The van der Waals surface area contributed by atoms with Gasteiger partial charge in [-0.25, -0.2) is 4.98 Å². The van der Waals surface area contributed by atoms with Crippen LogP contribution in [-0.2, 0) is 4.79 Å². The van der Waals surface area contributed by atoms with E-state index in [4.69, 9.17) is 16.7 Å². The van der Waals surface area contributed by atoms with Crippen LogP contribution in [0.4, 0.5) is 5.69 Å². The summed E-state index contributed by atoms with van der Waals surface area (Å²) in [5.74, 6) is -0.468. The molecule has 1 heterocycles. The van der Waals surface area contributed by atoms with Gasteiger partial charge < -0.3 is 10.4 Å². The SMILES string of the molecule is CC(O)C(=O)Nc1ccc(Cl)nc1. The van der Waals surface area contributed by atoms with Crippen LogP contribution in [0.5, 0.6) is 0 Å². The minimum Gasteiger partial charge on any atom is -0.384 e. The number of hydrogen-bond donors (Lipinski definition) is 2. The molecule has 1 amide bonds. The van der Waals surface area contributed by atoms with E-state index in [1.807, 2.05) is 0 Å². The molecule has 0 spiro atoms. The lowest BCUT2D eigenvalue weighted by Crippen LogP contribution is -2.24. The van der Waals surface area contributed by atoms with Gasteiger partial charge in [-0.3, -0.25) is 4.79 Å². The number of aliphatic hydroxyl groups is 1. The molecule has 70 valence electrons. The van der Waals surface area contributed by atoms with Gasteiger partial charge in [-0.15, -0.1) is 0 Å². The number of carbonyl (C=O) groups excluding carboxylic acids is 1. The van der Waals surface area contributed by atoms with Crippen molar-refractivity contribution in [1.29, 1.82) is 0 Å². The Morgan fingerprint density at radius 1 is 1.69 bits per heavy atom. The summed E-state index contributed by atoms with van der Waals surface area (Å²) in [6.45, 7) is 1.39. The molecule has 1 aromatic rings. The normalized spacial score (nSPS) is 12.2. The molecule has 1 aromatic heterocycles. The molecule has 5 heteroatoms. The Bertz CT molecular complexity index is 298. The van der Waals surface area contributed by atoms with Gasteiger partial charge in [-0.1, -0.05) is 11.6 Å². The Balaban J connectivity index is 2.65. The second-order valence-corrected chi connectivity index (χ2v) is 2.92. The van der Waals surface area contributed by atoms with E-state index in [9.17, 15) is 4.79 Å². The summed E-state index contributed by atoms with van der Waals surface area (Å²) in [6, 6.07) is 3.16. The number of rotatable bonds is 2. The lowest BCUT2D eigenvalue weighted by molar-refractivity contribution is -0.123. The van der Waals surface area contributed by atoms with Crippen molar-refractivity contribution in [2.24, 2.45) is 0 Å². The molecule has 1 atom stereocenters. The van der Waals surface area contributed by atoms with Crippen molar-refractivity contribution < 1.29 is 9.90 Å². The van der Waals surface area contributed by atoms with Crippen LogP contribution in [0.1, 0.15) is 6.92 Å². The fraction of sp³-hybridized carbons (Fsp3) is 0.250. The van der Waals surface area contributed by atoms with Gasteiger partial charge in [0.2, 0.25) is 0 Å². The number of nitrogens with one attached hydrogen (secondary N) is 1. The topological polar surface area (TPSA) is 62.2 Å². The zero-order valence-corrected chi connectivity index (χ0v) is 7.75. The van der Waals surface area contributed by atoms with Crippen LogP contribution in [0.25, 0.3) is 0 Å². The third kappa shape index (κ3) is 3.01. The van der Waals surface area contributed by atoms with E-state index < -0.39 is 12.0 Å². The highest BCUT2D eigenvalue weighted by atomic mass is 35.5. The second kappa shape index (κ2) is 4.20. The first-order valence-electron chi connectivity index (χ1n) is 3.70. The maximum Gasteiger partial charge on any atom is 0.252 e. The molecule has 0 aliphatic rings. The van der Waals surface area contributed by atoms with Crippen molar-refractivity contribution in [3.63, 3.8) is 0 Å². The number of pyridine rings is 1. The summed E-state index contributed by atoms with van der Waals surface area (Å²) in [5.41, 5.74) is 0.510. The van der Waals surface area contributed by atoms with Crippen molar-refractivity contribution in [1.82, 2.24) is 4.98 Å². The Morgan fingerprint density at radius 2 is 2.38 bits per heavy atom. The van der Waals surface area contributed by atoms with Gasteiger partial charge in [0.25, 0.3) is 5.91 Å². The first-order valence-corrected chi connectivity index (χ1v) is 4.08. The summed E-state index contributed by atoms with van der Waals surface area (Å²) in [7, 11) is 0. The van der Waals surface area contributed by atoms with Gasteiger partial charge in [0.05, 0.1) is 11.9 Å². The maximum absolute atomic E-state index is 11.0. The Morgan fingerprint density at radius 3 is 2.85 bits per heavy atom. The molecule has 0 saturated carbocycles. The lowest BCUT2D eigenvalue weighted by atomic mass is 10.3. The summed E-state index contributed by atoms with van der Waals surface area (Å²) in [4.78, 5) is 14.7. The molecule has 0 radical (unpaired) electrons. The minimum atomic E-state index is -1.03. The first-order chi connectivity index (χ1) is 6.09. The third-order valence-corrected chi connectivity index (χ3v) is 1.60. The third-order valence-electron chi connectivity index (χ3n) is 1.37. The number of halogens is 1. The fourth-order valence-corrected chi connectivity index (χ4v) is 0.808. The number of aromatic nitrogens is 1. The van der Waals surface area contributed by atoms with Gasteiger partial charge >= 0.3 is 0 Å². The van der Waals surface area contributed by atoms with Crippen LogP contribution in [0, 0.1) is 0 Å². The second-order valence-electron chi connectivity index (χ2n) is 2.53. The molecule has 0 aliphatic carbocycles. The molecule has 13 heavy (non-hydrogen) atoms. The molecule has 1 unspecified atom stereocenters. The predicted molar refractivity (Wildman–Crippen MR) is 49.6 cm³/mol. The van der Waals surface area contributed by atoms with Crippen LogP contribution < -0.4 is 5.32 Å². The van der Waals surface area contributed by atoms with Crippen molar-refractivity contribution in [2.45, 2.75) is 13.0 Å². The van der Waals surface area contributed by atoms with E-state index in [2.05, 4.69) is 10.3 Å². The molecule has 1 rings (SSSR count). The average Bonchev–Trinajstić information content (AvgIpc) is 2.08. The highest BCUT2D eigenvalue weighted by Gasteiger charge is 2.08. The molecule has 0 fully saturated rings. The van der Waals surface area contributed by atoms with E-state index in [1.165, 1.54) is 13.1 Å². The Labute approximate surface area is 80.6 Å². The van der Waals surface area contributed by atoms with E-state index in [0.717, 1.165) is 0 Å². The molecule has 4 nitrogen and oxygen atoms in total. The molecular weight excluding hydrogens is 192 g/mol. The standard InChI is InChI=1S/C8H9ClN2O2/c1-5(12)8(13)11-6-2-3-7(9)10-4-6/h2-5,12H,1H3,(H,11,13). The van der Waals surface area contributed by atoms with Crippen LogP contribution in [0.2, 0.25) is 5.15 Å². The highest BCUT2D eigenvalue weighted by molar-refractivity contribution is 6.29. The number of aliphatic hydroxyl groups excluding tert-OH is 1. The lowest BCUT2D eigenvalue weighted by Gasteiger charge is -2.05. The Kier molecular flexibility index (Phi) is 3.22. The molecular formula is C8H9ClN2O2. The van der Waals surface area contributed by atoms with Gasteiger partial charge in [-0.2, -0.15) is 0 Å². The number of nitrogens with zero attached hydrogens (tertiary/aromatic N) is 1. The number of amides is 1.